The Labute approximate surface area is 206 Å². The van der Waals surface area contributed by atoms with Crippen molar-refractivity contribution < 1.29 is 29.0 Å². The van der Waals surface area contributed by atoms with Crippen LogP contribution in [0, 0.1) is 12.8 Å². The molecular formula is C24H26N4O6S. The van der Waals surface area contributed by atoms with Crippen molar-refractivity contribution >= 4 is 35.1 Å². The van der Waals surface area contributed by atoms with E-state index < -0.39 is 12.0 Å². The third-order valence-corrected chi connectivity index (χ3v) is 6.73. The fraction of sp³-hybridized carbons (Fsp3) is 0.375. The normalized spacial score (nSPS) is 21.4. The van der Waals surface area contributed by atoms with Crippen LogP contribution in [0.5, 0.6) is 17.5 Å². The van der Waals surface area contributed by atoms with Crippen LogP contribution in [0.2, 0.25) is 0 Å². The molecule has 3 heterocycles. The maximum Gasteiger partial charge on any atom is 0.407 e. The Balaban J connectivity index is 1.43. The fourth-order valence-corrected chi connectivity index (χ4v) is 4.74. The van der Waals surface area contributed by atoms with Gasteiger partial charge in [0, 0.05) is 25.4 Å². The van der Waals surface area contributed by atoms with Crippen LogP contribution >= 0.6 is 11.8 Å². The van der Waals surface area contributed by atoms with E-state index in [-0.39, 0.29) is 23.3 Å². The van der Waals surface area contributed by atoms with Gasteiger partial charge in [-0.3, -0.25) is 14.9 Å². The summed E-state index contributed by atoms with van der Waals surface area (Å²) in [7, 11) is 0. The number of piperidine rings is 1. The number of amides is 3. The van der Waals surface area contributed by atoms with E-state index in [4.69, 9.17) is 9.47 Å². The number of rotatable bonds is 6. The van der Waals surface area contributed by atoms with E-state index in [2.05, 4.69) is 15.3 Å². The van der Waals surface area contributed by atoms with Crippen molar-refractivity contribution in [3.63, 3.8) is 0 Å². The standard InChI is InChI=1S/C24H26N4O6S/c1-13(2)18-11-17(8-9-28(18)24(31)32)34-22-14(3)21(25-12-26-22)33-16-6-4-15(5-7-16)10-19-20(29)27-23(30)35-19/h4-7,10,12-13,17-18H,8-9,11H2,1-3H3,(H,31,32)(H,27,29,30). The van der Waals surface area contributed by atoms with Gasteiger partial charge >= 0.3 is 6.09 Å². The van der Waals surface area contributed by atoms with E-state index >= 15 is 0 Å². The molecule has 35 heavy (non-hydrogen) atoms. The highest BCUT2D eigenvalue weighted by molar-refractivity contribution is 8.18. The molecule has 10 nitrogen and oxygen atoms in total. The molecule has 3 amide bonds. The van der Waals surface area contributed by atoms with Crippen LogP contribution in [-0.4, -0.2) is 55.9 Å². The number of carbonyl (C=O) groups is 3. The Morgan fingerprint density at radius 1 is 1.23 bits per heavy atom. The Hall–Kier alpha value is -3.60. The number of thioether (sulfide) groups is 1. The summed E-state index contributed by atoms with van der Waals surface area (Å²) in [5.74, 6) is 1.05. The number of hydrogen-bond acceptors (Lipinski definition) is 8. The van der Waals surface area contributed by atoms with Gasteiger partial charge < -0.3 is 19.5 Å². The van der Waals surface area contributed by atoms with Crippen molar-refractivity contribution in [2.75, 3.05) is 6.54 Å². The molecule has 2 aromatic rings. The molecule has 2 aliphatic heterocycles. The van der Waals surface area contributed by atoms with Gasteiger partial charge in [-0.2, -0.15) is 0 Å². The highest BCUT2D eigenvalue weighted by atomic mass is 32.2. The summed E-state index contributed by atoms with van der Waals surface area (Å²) >= 11 is 0.864. The lowest BCUT2D eigenvalue weighted by molar-refractivity contribution is -0.115. The van der Waals surface area contributed by atoms with Crippen LogP contribution in [0.3, 0.4) is 0 Å². The third-order valence-electron chi connectivity index (χ3n) is 5.92. The molecule has 1 aromatic heterocycles. The lowest BCUT2D eigenvalue weighted by Gasteiger charge is -2.39. The number of ether oxygens (including phenoxy) is 2. The molecule has 2 fully saturated rings. The van der Waals surface area contributed by atoms with E-state index in [9.17, 15) is 19.5 Å². The Morgan fingerprint density at radius 3 is 2.57 bits per heavy atom. The highest BCUT2D eigenvalue weighted by Gasteiger charge is 2.35. The van der Waals surface area contributed by atoms with Gasteiger partial charge in [0.05, 0.1) is 10.5 Å². The average molecular weight is 499 g/mol. The van der Waals surface area contributed by atoms with Gasteiger partial charge in [-0.05, 0) is 48.4 Å². The first-order valence-corrected chi connectivity index (χ1v) is 12.0. The molecule has 2 atom stereocenters. The first kappa shape index (κ1) is 24.5. The monoisotopic (exact) mass is 498 g/mol. The molecule has 0 saturated carbocycles. The van der Waals surface area contributed by atoms with Gasteiger partial charge in [-0.15, -0.1) is 0 Å². The molecule has 2 saturated heterocycles. The summed E-state index contributed by atoms with van der Waals surface area (Å²) in [6.07, 6.45) is 3.10. The first-order chi connectivity index (χ1) is 16.7. The summed E-state index contributed by atoms with van der Waals surface area (Å²) < 4.78 is 12.1. The maximum atomic E-state index is 11.7. The number of carbonyl (C=O) groups excluding carboxylic acids is 2. The largest absolute Gasteiger partial charge is 0.474 e. The lowest BCUT2D eigenvalue weighted by atomic mass is 9.91. The minimum Gasteiger partial charge on any atom is -0.474 e. The Kier molecular flexibility index (Phi) is 7.25. The number of nitrogens with one attached hydrogen (secondary N) is 1. The van der Waals surface area contributed by atoms with Gasteiger partial charge in [0.2, 0.25) is 11.8 Å². The minimum absolute atomic E-state index is 0.121. The van der Waals surface area contributed by atoms with Crippen LogP contribution in [0.15, 0.2) is 35.5 Å². The van der Waals surface area contributed by atoms with Gasteiger partial charge in [-0.25, -0.2) is 14.8 Å². The fourth-order valence-electron chi connectivity index (χ4n) is 4.05. The second-order valence-corrected chi connectivity index (χ2v) is 9.70. The van der Waals surface area contributed by atoms with Gasteiger partial charge in [-0.1, -0.05) is 26.0 Å². The quantitative estimate of drug-likeness (QED) is 0.555. The smallest absolute Gasteiger partial charge is 0.407 e. The molecule has 0 bridgehead atoms. The zero-order valence-corrected chi connectivity index (χ0v) is 20.4. The third kappa shape index (κ3) is 5.73. The van der Waals surface area contributed by atoms with Crippen LogP contribution in [0.1, 0.15) is 37.8 Å². The zero-order valence-electron chi connectivity index (χ0n) is 19.6. The minimum atomic E-state index is -0.906. The predicted octanol–water partition coefficient (Wildman–Crippen LogP) is 4.45. The van der Waals surface area contributed by atoms with Crippen molar-refractivity contribution in [1.82, 2.24) is 20.2 Å². The molecule has 0 radical (unpaired) electrons. The molecule has 4 rings (SSSR count). The topological polar surface area (TPSA) is 131 Å². The number of carboxylic acid groups (broad SMARTS) is 1. The van der Waals surface area contributed by atoms with Crippen molar-refractivity contribution in [3.8, 4) is 17.5 Å². The molecule has 2 unspecified atom stereocenters. The van der Waals surface area contributed by atoms with E-state index in [1.165, 1.54) is 11.2 Å². The number of imide groups is 1. The summed E-state index contributed by atoms with van der Waals surface area (Å²) in [4.78, 5) is 44.9. The van der Waals surface area contributed by atoms with Gasteiger partial charge in [0.15, 0.2) is 0 Å². The summed E-state index contributed by atoms with van der Waals surface area (Å²) in [5.41, 5.74) is 1.39. The molecule has 184 valence electrons. The molecule has 0 spiro atoms. The average Bonchev–Trinajstić information content (AvgIpc) is 3.13. The van der Waals surface area contributed by atoms with E-state index in [1.54, 1.807) is 30.3 Å². The summed E-state index contributed by atoms with van der Waals surface area (Å²) in [5, 5.41) is 11.3. The summed E-state index contributed by atoms with van der Waals surface area (Å²) in [6.45, 7) is 6.23. The van der Waals surface area contributed by atoms with Crippen molar-refractivity contribution in [2.45, 2.75) is 45.8 Å². The van der Waals surface area contributed by atoms with E-state index in [0.717, 1.165) is 17.3 Å². The van der Waals surface area contributed by atoms with Crippen molar-refractivity contribution in [1.29, 1.82) is 0 Å². The maximum absolute atomic E-state index is 11.7. The second kappa shape index (κ2) is 10.3. The Morgan fingerprint density at radius 2 is 1.94 bits per heavy atom. The first-order valence-electron chi connectivity index (χ1n) is 11.2. The SMILES string of the molecule is Cc1c(Oc2ccc(C=C3SC(=O)NC3=O)cc2)ncnc1OC1CCN(C(=O)O)C(C(C)C)C1. The molecule has 11 heteroatoms. The molecule has 2 aliphatic rings. The predicted molar refractivity (Wildman–Crippen MR) is 129 cm³/mol. The van der Waals surface area contributed by atoms with Crippen molar-refractivity contribution in [2.24, 2.45) is 5.92 Å². The van der Waals surface area contributed by atoms with Gasteiger partial charge in [0.1, 0.15) is 18.2 Å². The number of likely N-dealkylation sites (tertiary alicyclic amines) is 1. The number of benzene rings is 1. The molecule has 0 aliphatic carbocycles. The number of aromatic nitrogens is 2. The summed E-state index contributed by atoms with van der Waals surface area (Å²) in [6, 6.07) is 6.90. The van der Waals surface area contributed by atoms with E-state index in [0.29, 0.717) is 47.4 Å². The van der Waals surface area contributed by atoms with E-state index in [1.807, 2.05) is 20.8 Å². The van der Waals surface area contributed by atoms with Crippen LogP contribution in [-0.2, 0) is 4.79 Å². The van der Waals surface area contributed by atoms with Crippen LogP contribution in [0.25, 0.3) is 6.08 Å². The number of nitrogens with zero attached hydrogens (tertiary/aromatic N) is 3. The van der Waals surface area contributed by atoms with Crippen molar-refractivity contribution in [3.05, 3.63) is 46.6 Å². The van der Waals surface area contributed by atoms with Crippen LogP contribution in [0.4, 0.5) is 9.59 Å². The Bertz CT molecular complexity index is 1170. The zero-order chi connectivity index (χ0) is 25.1. The lowest BCUT2D eigenvalue weighted by Crippen LogP contribution is -2.50. The van der Waals surface area contributed by atoms with Crippen LogP contribution < -0.4 is 14.8 Å². The van der Waals surface area contributed by atoms with Gasteiger partial charge in [0.25, 0.3) is 11.1 Å². The molecular weight excluding hydrogens is 472 g/mol. The molecule has 1 aromatic carbocycles. The molecule has 2 N–H and O–H groups in total. The highest BCUT2D eigenvalue weighted by Crippen LogP contribution is 2.32. The second-order valence-electron chi connectivity index (χ2n) is 8.68. The number of hydrogen-bond donors (Lipinski definition) is 2.